The van der Waals surface area contributed by atoms with E-state index < -0.39 is 0 Å². The van der Waals surface area contributed by atoms with Crippen LogP contribution in [0.15, 0.2) is 53.0 Å². The Bertz CT molecular complexity index is 584. The summed E-state index contributed by atoms with van der Waals surface area (Å²) in [6, 6.07) is 15.1. The molecule has 1 unspecified atom stereocenters. The molecule has 0 aliphatic rings. The lowest BCUT2D eigenvalue weighted by Crippen LogP contribution is -2.19. The molecule has 1 atom stereocenters. The standard InChI is InChI=1S/C15H15BrN2O/c1-10(11-5-3-2-4-6-11)15(19)18-14-8-7-12(16)9-13(14)17/h2-10H,17H2,1H3,(H,18,19). The van der Waals surface area contributed by atoms with Crippen molar-refractivity contribution in [2.24, 2.45) is 0 Å². The number of hydrogen-bond donors (Lipinski definition) is 2. The van der Waals surface area contributed by atoms with Crippen LogP contribution < -0.4 is 11.1 Å². The zero-order valence-corrected chi connectivity index (χ0v) is 12.1. The molecule has 0 bridgehead atoms. The van der Waals surface area contributed by atoms with Gasteiger partial charge in [-0.25, -0.2) is 0 Å². The first-order valence-corrected chi connectivity index (χ1v) is 6.78. The molecule has 4 heteroatoms. The van der Waals surface area contributed by atoms with Crippen molar-refractivity contribution in [3.8, 4) is 0 Å². The van der Waals surface area contributed by atoms with Crippen LogP contribution in [0.25, 0.3) is 0 Å². The van der Waals surface area contributed by atoms with Crippen LogP contribution in [-0.4, -0.2) is 5.91 Å². The third-order valence-corrected chi connectivity index (χ3v) is 3.46. The molecule has 0 heterocycles. The summed E-state index contributed by atoms with van der Waals surface area (Å²) >= 11 is 3.34. The minimum absolute atomic E-state index is 0.0692. The van der Waals surface area contributed by atoms with Crippen molar-refractivity contribution >= 4 is 33.2 Å². The number of carbonyl (C=O) groups excluding carboxylic acids is 1. The van der Waals surface area contributed by atoms with Crippen molar-refractivity contribution in [1.29, 1.82) is 0 Å². The van der Waals surface area contributed by atoms with Gasteiger partial charge in [-0.2, -0.15) is 0 Å². The van der Waals surface area contributed by atoms with Crippen LogP contribution in [0.3, 0.4) is 0 Å². The second-order valence-electron chi connectivity index (χ2n) is 4.35. The fourth-order valence-electron chi connectivity index (χ4n) is 1.78. The summed E-state index contributed by atoms with van der Waals surface area (Å²) in [7, 11) is 0. The highest BCUT2D eigenvalue weighted by atomic mass is 79.9. The Kier molecular flexibility index (Phi) is 4.22. The first-order chi connectivity index (χ1) is 9.08. The lowest BCUT2D eigenvalue weighted by molar-refractivity contribution is -0.117. The lowest BCUT2D eigenvalue weighted by atomic mass is 10.0. The molecular formula is C15H15BrN2O. The van der Waals surface area contributed by atoms with Gasteiger partial charge in [0.05, 0.1) is 17.3 Å². The van der Waals surface area contributed by atoms with E-state index in [0.29, 0.717) is 11.4 Å². The number of carbonyl (C=O) groups is 1. The Morgan fingerprint density at radius 1 is 1.21 bits per heavy atom. The largest absolute Gasteiger partial charge is 0.397 e. The van der Waals surface area contributed by atoms with Gasteiger partial charge in [-0.05, 0) is 30.7 Å². The van der Waals surface area contributed by atoms with Crippen molar-refractivity contribution in [2.45, 2.75) is 12.8 Å². The zero-order chi connectivity index (χ0) is 13.8. The summed E-state index contributed by atoms with van der Waals surface area (Å²) < 4.78 is 0.888. The number of nitrogens with one attached hydrogen (secondary N) is 1. The lowest BCUT2D eigenvalue weighted by Gasteiger charge is -2.14. The number of hydrogen-bond acceptors (Lipinski definition) is 2. The van der Waals surface area contributed by atoms with Gasteiger partial charge in [0.15, 0.2) is 0 Å². The molecule has 0 radical (unpaired) electrons. The molecule has 19 heavy (non-hydrogen) atoms. The molecule has 2 rings (SSSR count). The van der Waals surface area contributed by atoms with Gasteiger partial charge in [-0.3, -0.25) is 4.79 Å². The van der Waals surface area contributed by atoms with E-state index in [4.69, 9.17) is 5.73 Å². The molecule has 0 spiro atoms. The number of halogens is 1. The average molecular weight is 319 g/mol. The van der Waals surface area contributed by atoms with Gasteiger partial charge in [0.2, 0.25) is 5.91 Å². The predicted molar refractivity (Wildman–Crippen MR) is 82.0 cm³/mol. The molecule has 0 aromatic heterocycles. The summed E-state index contributed by atoms with van der Waals surface area (Å²) in [6.45, 7) is 1.87. The van der Waals surface area contributed by atoms with E-state index in [1.807, 2.05) is 43.3 Å². The minimum Gasteiger partial charge on any atom is -0.397 e. The summed E-state index contributed by atoms with van der Waals surface area (Å²) in [5, 5.41) is 2.85. The molecule has 0 aliphatic carbocycles. The van der Waals surface area contributed by atoms with Crippen molar-refractivity contribution < 1.29 is 4.79 Å². The van der Waals surface area contributed by atoms with E-state index in [0.717, 1.165) is 10.0 Å². The normalized spacial score (nSPS) is 11.9. The molecule has 0 aliphatic heterocycles. The second-order valence-corrected chi connectivity index (χ2v) is 5.27. The van der Waals surface area contributed by atoms with Crippen molar-refractivity contribution in [3.05, 3.63) is 58.6 Å². The summed E-state index contributed by atoms with van der Waals surface area (Å²) in [5.74, 6) is -0.288. The van der Waals surface area contributed by atoms with Crippen LogP contribution in [0.4, 0.5) is 11.4 Å². The molecule has 3 N–H and O–H groups in total. The monoisotopic (exact) mass is 318 g/mol. The minimum atomic E-state index is -0.218. The number of nitrogen functional groups attached to an aromatic ring is 1. The topological polar surface area (TPSA) is 55.1 Å². The van der Waals surface area contributed by atoms with Crippen LogP contribution in [0.2, 0.25) is 0 Å². The molecule has 0 saturated heterocycles. The Morgan fingerprint density at radius 3 is 2.53 bits per heavy atom. The molecule has 2 aromatic carbocycles. The van der Waals surface area contributed by atoms with Crippen LogP contribution >= 0.6 is 15.9 Å². The highest BCUT2D eigenvalue weighted by Gasteiger charge is 2.15. The van der Waals surface area contributed by atoms with E-state index >= 15 is 0 Å². The summed E-state index contributed by atoms with van der Waals surface area (Å²) in [5.41, 5.74) is 8.03. The molecule has 98 valence electrons. The Hall–Kier alpha value is -1.81. The highest BCUT2D eigenvalue weighted by Crippen LogP contribution is 2.25. The zero-order valence-electron chi connectivity index (χ0n) is 10.6. The highest BCUT2D eigenvalue weighted by molar-refractivity contribution is 9.10. The summed E-state index contributed by atoms with van der Waals surface area (Å²) in [4.78, 5) is 12.2. The number of amides is 1. The molecular weight excluding hydrogens is 304 g/mol. The Morgan fingerprint density at radius 2 is 1.89 bits per heavy atom. The quantitative estimate of drug-likeness (QED) is 0.846. The fourth-order valence-corrected chi connectivity index (χ4v) is 2.16. The van der Waals surface area contributed by atoms with Crippen LogP contribution in [0.1, 0.15) is 18.4 Å². The van der Waals surface area contributed by atoms with E-state index in [9.17, 15) is 4.79 Å². The molecule has 3 nitrogen and oxygen atoms in total. The van der Waals surface area contributed by atoms with Crippen molar-refractivity contribution in [2.75, 3.05) is 11.1 Å². The van der Waals surface area contributed by atoms with E-state index in [-0.39, 0.29) is 11.8 Å². The van der Waals surface area contributed by atoms with Gasteiger partial charge < -0.3 is 11.1 Å². The van der Waals surface area contributed by atoms with Crippen molar-refractivity contribution in [1.82, 2.24) is 0 Å². The maximum absolute atomic E-state index is 12.2. The van der Waals surface area contributed by atoms with Crippen LogP contribution in [0, 0.1) is 0 Å². The number of anilines is 2. The van der Waals surface area contributed by atoms with Crippen LogP contribution in [0.5, 0.6) is 0 Å². The maximum Gasteiger partial charge on any atom is 0.231 e. The SMILES string of the molecule is CC(C(=O)Nc1ccc(Br)cc1N)c1ccccc1. The van der Waals surface area contributed by atoms with E-state index in [1.54, 1.807) is 12.1 Å². The van der Waals surface area contributed by atoms with E-state index in [1.165, 1.54) is 0 Å². The van der Waals surface area contributed by atoms with Gasteiger partial charge in [0, 0.05) is 4.47 Å². The van der Waals surface area contributed by atoms with Gasteiger partial charge in [-0.1, -0.05) is 46.3 Å². The Labute approximate surface area is 121 Å². The molecule has 2 aromatic rings. The molecule has 0 saturated carbocycles. The number of benzene rings is 2. The molecule has 1 amide bonds. The van der Waals surface area contributed by atoms with E-state index in [2.05, 4.69) is 21.2 Å². The number of nitrogens with two attached hydrogens (primary N) is 1. The predicted octanol–water partition coefficient (Wildman–Crippen LogP) is 3.77. The third-order valence-electron chi connectivity index (χ3n) is 2.96. The average Bonchev–Trinajstić information content (AvgIpc) is 2.42. The van der Waals surface area contributed by atoms with Gasteiger partial charge in [-0.15, -0.1) is 0 Å². The van der Waals surface area contributed by atoms with Gasteiger partial charge in [0.25, 0.3) is 0 Å². The maximum atomic E-state index is 12.2. The smallest absolute Gasteiger partial charge is 0.231 e. The number of rotatable bonds is 3. The second kappa shape index (κ2) is 5.89. The third kappa shape index (κ3) is 3.35. The Balaban J connectivity index is 2.13. The van der Waals surface area contributed by atoms with Gasteiger partial charge in [0.1, 0.15) is 0 Å². The fraction of sp³-hybridized carbons (Fsp3) is 0.133. The molecule has 0 fully saturated rings. The summed E-state index contributed by atoms with van der Waals surface area (Å²) in [6.07, 6.45) is 0. The van der Waals surface area contributed by atoms with Crippen molar-refractivity contribution in [3.63, 3.8) is 0 Å². The first kappa shape index (κ1) is 13.6. The van der Waals surface area contributed by atoms with Gasteiger partial charge >= 0.3 is 0 Å². The van der Waals surface area contributed by atoms with Crippen LogP contribution in [-0.2, 0) is 4.79 Å². The first-order valence-electron chi connectivity index (χ1n) is 5.99.